The Balaban J connectivity index is -0.0000000309. The first kappa shape index (κ1) is 42.9. The zero-order valence-corrected chi connectivity index (χ0v) is 13.0. The first-order chi connectivity index (χ1) is 10.4. The summed E-state index contributed by atoms with van der Waals surface area (Å²) in [6, 6.07) is 0. The standard InChI is InChI=1S/6CH2O3.Mo/c6*2-1(3)4;/h6*(H2,2,3,4);/p-6. The Labute approximate surface area is 148 Å². The summed E-state index contributed by atoms with van der Waals surface area (Å²) in [5.41, 5.74) is 0. The molecule has 0 fully saturated rings. The van der Waals surface area contributed by atoms with Crippen molar-refractivity contribution in [3.8, 4) is 0 Å². The van der Waals surface area contributed by atoms with Crippen LogP contribution >= 0.6 is 0 Å². The second-order valence-electron chi connectivity index (χ2n) is 1.60. The maximum Gasteiger partial charge on any atom is 0.249 e. The molecule has 25 heavy (non-hydrogen) atoms. The summed E-state index contributed by atoms with van der Waals surface area (Å²) in [5.74, 6) is 0. The normalized spacial score (nSPS) is 5.76. The molecule has 0 spiro atoms. The van der Waals surface area contributed by atoms with E-state index in [1.807, 2.05) is 0 Å². The summed E-state index contributed by atoms with van der Waals surface area (Å²) in [4.78, 5) is 50.7. The fraction of sp³-hybridized carbons (Fsp3) is 0. The van der Waals surface area contributed by atoms with E-state index in [9.17, 15) is 0 Å². The molecule has 0 saturated heterocycles. The summed E-state index contributed by atoms with van der Waals surface area (Å²) >= 11 is 0. The third-order valence-corrected chi connectivity index (χ3v) is 0. The first-order valence-corrected chi connectivity index (χ1v) is 3.79. The molecule has 0 amide bonds. The molecule has 150 valence electrons. The molecule has 0 bridgehead atoms. The van der Waals surface area contributed by atoms with Crippen LogP contribution in [0.1, 0.15) is 0 Å². The summed E-state index contributed by atoms with van der Waals surface area (Å²) in [5, 5.41) is 91.8. The van der Waals surface area contributed by atoms with Gasteiger partial charge < -0.3 is 90.0 Å². The van der Waals surface area contributed by atoms with E-state index in [0.717, 1.165) is 0 Å². The minimum Gasteiger partial charge on any atom is -0.565 e. The van der Waals surface area contributed by atoms with Crippen LogP contribution in [0.2, 0.25) is 0 Å². The van der Waals surface area contributed by atoms with E-state index in [2.05, 4.69) is 0 Å². The van der Waals surface area contributed by atoms with Crippen molar-refractivity contribution in [1.82, 2.24) is 0 Å². The molecule has 6 N–H and O–H groups in total. The van der Waals surface area contributed by atoms with Crippen LogP contribution in [0.15, 0.2) is 0 Å². The number of hydrogen-bond acceptors (Lipinski definition) is 12. The average Bonchev–Trinajstić information content (AvgIpc) is 2.08. The SMILES string of the molecule is O=C([O-])O.O=C([O-])O.O=C([O-])O.O=C([O-])O.O=C([O-])O.O=C([O-])O.[Mo]. The molecule has 19 heteroatoms. The topological polar surface area (TPSA) is 362 Å². The maximum atomic E-state index is 8.44. The van der Waals surface area contributed by atoms with Crippen molar-refractivity contribution >= 4 is 36.9 Å². The molecule has 18 nitrogen and oxygen atoms in total. The van der Waals surface area contributed by atoms with Crippen molar-refractivity contribution in [1.29, 1.82) is 0 Å². The van der Waals surface area contributed by atoms with Crippen molar-refractivity contribution in [2.24, 2.45) is 0 Å². The molecule has 0 aliphatic heterocycles. The van der Waals surface area contributed by atoms with Gasteiger partial charge in [0.15, 0.2) is 0 Å². The fourth-order valence-electron chi connectivity index (χ4n) is 0. The second-order valence-corrected chi connectivity index (χ2v) is 1.60. The van der Waals surface area contributed by atoms with Crippen LogP contribution < -0.4 is 30.6 Å². The Morgan fingerprint density at radius 1 is 0.360 bits per heavy atom. The van der Waals surface area contributed by atoms with Crippen molar-refractivity contribution in [3.63, 3.8) is 0 Å². The van der Waals surface area contributed by atoms with Gasteiger partial charge in [0.05, 0.1) is 0 Å². The van der Waals surface area contributed by atoms with Crippen LogP contribution in [0.25, 0.3) is 0 Å². The van der Waals surface area contributed by atoms with E-state index in [0.29, 0.717) is 0 Å². The Kier molecular flexibility index (Phi) is 63.5. The molecule has 0 aliphatic rings. The average molecular weight is 462 g/mol. The predicted octanol–water partition coefficient (Wildman–Crippen LogP) is -6.68. The zero-order chi connectivity index (χ0) is 21.5. The van der Waals surface area contributed by atoms with Gasteiger partial charge in [-0.3, -0.25) is 0 Å². The molecule has 0 aliphatic carbocycles. The molecule has 0 heterocycles. The first-order valence-electron chi connectivity index (χ1n) is 3.79. The summed E-state index contributed by atoms with van der Waals surface area (Å²) in [7, 11) is 0. The van der Waals surface area contributed by atoms with E-state index in [1.165, 1.54) is 0 Å². The Bertz CT molecular complexity index is 257. The summed E-state index contributed by atoms with van der Waals surface area (Å²) < 4.78 is 0. The van der Waals surface area contributed by atoms with Gasteiger partial charge in [0.2, 0.25) is 36.9 Å². The van der Waals surface area contributed by atoms with E-state index < -0.39 is 36.9 Å². The van der Waals surface area contributed by atoms with Crippen molar-refractivity contribution < 1.29 is 111 Å². The maximum absolute atomic E-state index is 8.44. The van der Waals surface area contributed by atoms with Gasteiger partial charge in [-0.1, -0.05) is 0 Å². The Morgan fingerprint density at radius 3 is 0.360 bits per heavy atom. The smallest absolute Gasteiger partial charge is 0.249 e. The minimum absolute atomic E-state index is 0. The molecule has 0 aromatic heterocycles. The number of carbonyl (C=O) groups is 6. The van der Waals surface area contributed by atoms with Gasteiger partial charge in [-0.25, -0.2) is 0 Å². The molecule has 0 atom stereocenters. The van der Waals surface area contributed by atoms with Gasteiger partial charge in [-0.2, -0.15) is 0 Å². The summed E-state index contributed by atoms with van der Waals surface area (Å²) in [6.07, 6.45) is -12.5. The molecule has 0 aromatic rings. The largest absolute Gasteiger partial charge is 0.565 e. The molecule has 0 saturated carbocycles. The molecule has 0 radical (unpaired) electrons. The Morgan fingerprint density at radius 2 is 0.360 bits per heavy atom. The summed E-state index contributed by atoms with van der Waals surface area (Å²) in [6.45, 7) is 0. The van der Waals surface area contributed by atoms with Gasteiger partial charge in [-0.05, 0) is 0 Å². The van der Waals surface area contributed by atoms with Crippen LogP contribution in [0.4, 0.5) is 28.8 Å². The quantitative estimate of drug-likeness (QED) is 0.182. The Hall–Kier alpha value is -3.69. The monoisotopic (exact) mass is 464 g/mol. The number of rotatable bonds is 0. The van der Waals surface area contributed by atoms with Crippen LogP contribution in [0.3, 0.4) is 0 Å². The predicted molar refractivity (Wildman–Crippen MR) is 48.1 cm³/mol. The molecular formula is C6H6MoO18-6. The number of carboxylic acid groups (broad SMARTS) is 12. The van der Waals surface area contributed by atoms with Crippen LogP contribution in [-0.4, -0.2) is 67.6 Å². The van der Waals surface area contributed by atoms with Crippen molar-refractivity contribution in [2.75, 3.05) is 0 Å². The van der Waals surface area contributed by atoms with E-state index in [1.54, 1.807) is 0 Å². The second kappa shape index (κ2) is 37.0. The van der Waals surface area contributed by atoms with Crippen molar-refractivity contribution in [2.45, 2.75) is 0 Å². The molecule has 0 unspecified atom stereocenters. The minimum atomic E-state index is -2.08. The molecular weight excluding hydrogens is 456 g/mol. The van der Waals surface area contributed by atoms with Crippen molar-refractivity contribution in [3.05, 3.63) is 0 Å². The van der Waals surface area contributed by atoms with Gasteiger partial charge in [0.25, 0.3) is 0 Å². The zero-order valence-electron chi connectivity index (χ0n) is 11.0. The van der Waals surface area contributed by atoms with E-state index in [-0.39, 0.29) is 21.1 Å². The van der Waals surface area contributed by atoms with Crippen LogP contribution in [-0.2, 0) is 21.1 Å². The van der Waals surface area contributed by atoms with Gasteiger partial charge >= 0.3 is 0 Å². The third kappa shape index (κ3) is 499. The fourth-order valence-corrected chi connectivity index (χ4v) is 0. The molecule has 0 rings (SSSR count). The van der Waals surface area contributed by atoms with E-state index >= 15 is 0 Å². The van der Waals surface area contributed by atoms with Gasteiger partial charge in [0.1, 0.15) is 0 Å². The van der Waals surface area contributed by atoms with Crippen LogP contribution in [0.5, 0.6) is 0 Å². The third-order valence-electron chi connectivity index (χ3n) is 0. The molecule has 0 aromatic carbocycles. The van der Waals surface area contributed by atoms with Gasteiger partial charge in [-0.15, -0.1) is 0 Å². The number of hydrogen-bond donors (Lipinski definition) is 6. The van der Waals surface area contributed by atoms with E-state index in [4.69, 9.17) is 90.0 Å². The van der Waals surface area contributed by atoms with Gasteiger partial charge in [0, 0.05) is 21.1 Å². The van der Waals surface area contributed by atoms with Crippen LogP contribution in [0, 0.1) is 0 Å².